The number of hydrogen-bond acceptors (Lipinski definition) is 6. The molecule has 0 unspecified atom stereocenters. The number of rotatable bonds is 7. The number of hydrazone groups is 1. The van der Waals surface area contributed by atoms with Crippen molar-refractivity contribution in [3.05, 3.63) is 59.0 Å². The van der Waals surface area contributed by atoms with Crippen LogP contribution in [0.25, 0.3) is 0 Å². The lowest BCUT2D eigenvalue weighted by atomic mass is 10.0. The van der Waals surface area contributed by atoms with Crippen LogP contribution < -0.4 is 16.5 Å². The Morgan fingerprint density at radius 1 is 1.21 bits per heavy atom. The van der Waals surface area contributed by atoms with Gasteiger partial charge in [0.2, 0.25) is 0 Å². The molecule has 0 aliphatic carbocycles. The van der Waals surface area contributed by atoms with E-state index < -0.39 is 17.6 Å². The van der Waals surface area contributed by atoms with Crippen LogP contribution in [0.5, 0.6) is 0 Å². The maximum absolute atomic E-state index is 13.5. The summed E-state index contributed by atoms with van der Waals surface area (Å²) in [7, 11) is 3.16. The van der Waals surface area contributed by atoms with Crippen LogP contribution in [0.1, 0.15) is 16.7 Å². The SMILES string of the molecule is CN.CNC/C(C=O)=N\Nc1cc(Cc2cc(F)cc(C(F)(F)F)c2)ccn1. The monoisotopic (exact) mass is 399 g/mol. The molecular formula is C18H21F4N5O. The Bertz CT molecular complexity index is 809. The summed E-state index contributed by atoms with van der Waals surface area (Å²) in [6, 6.07) is 5.58. The highest BCUT2D eigenvalue weighted by molar-refractivity contribution is 6.29. The molecule has 0 spiro atoms. The Balaban J connectivity index is 0.00000190. The van der Waals surface area contributed by atoms with Gasteiger partial charge in [-0.1, -0.05) is 0 Å². The van der Waals surface area contributed by atoms with Gasteiger partial charge in [0.05, 0.1) is 5.56 Å². The zero-order valence-electron chi connectivity index (χ0n) is 15.3. The van der Waals surface area contributed by atoms with Gasteiger partial charge in [-0.05, 0) is 62.0 Å². The lowest BCUT2D eigenvalue weighted by Crippen LogP contribution is -2.20. The first kappa shape index (κ1) is 23.2. The van der Waals surface area contributed by atoms with Crippen LogP contribution in [0.3, 0.4) is 0 Å². The van der Waals surface area contributed by atoms with Crippen LogP contribution in [0.4, 0.5) is 23.4 Å². The number of anilines is 1. The zero-order valence-corrected chi connectivity index (χ0v) is 15.3. The molecule has 0 saturated heterocycles. The van der Waals surface area contributed by atoms with E-state index in [1.807, 2.05) is 0 Å². The van der Waals surface area contributed by atoms with Crippen molar-refractivity contribution in [2.75, 3.05) is 26.1 Å². The first-order valence-electron chi connectivity index (χ1n) is 8.13. The molecule has 10 heteroatoms. The summed E-state index contributed by atoms with van der Waals surface area (Å²) in [5.41, 5.74) is 7.08. The molecule has 4 N–H and O–H groups in total. The molecule has 0 aliphatic heterocycles. The van der Waals surface area contributed by atoms with E-state index in [0.717, 1.165) is 12.1 Å². The predicted octanol–water partition coefficient (Wildman–Crippen LogP) is 2.59. The van der Waals surface area contributed by atoms with Crippen LogP contribution in [0, 0.1) is 5.82 Å². The molecule has 2 aromatic rings. The van der Waals surface area contributed by atoms with E-state index in [1.54, 1.807) is 19.2 Å². The van der Waals surface area contributed by atoms with Gasteiger partial charge in [-0.2, -0.15) is 18.3 Å². The number of hydrogen-bond donors (Lipinski definition) is 3. The van der Waals surface area contributed by atoms with Crippen LogP contribution in [0.2, 0.25) is 0 Å². The fourth-order valence-electron chi connectivity index (χ4n) is 2.21. The number of aromatic nitrogens is 1. The number of aldehydes is 1. The van der Waals surface area contributed by atoms with Crippen LogP contribution in [-0.4, -0.2) is 37.6 Å². The maximum atomic E-state index is 13.5. The number of benzene rings is 1. The van der Waals surface area contributed by atoms with Crippen molar-refractivity contribution in [2.45, 2.75) is 12.6 Å². The quantitative estimate of drug-likeness (QED) is 0.288. The Morgan fingerprint density at radius 3 is 2.54 bits per heavy atom. The van der Waals surface area contributed by atoms with Crippen LogP contribution in [0.15, 0.2) is 41.6 Å². The summed E-state index contributed by atoms with van der Waals surface area (Å²) in [6.07, 6.45) is -2.51. The molecule has 152 valence electrons. The van der Waals surface area contributed by atoms with E-state index in [-0.39, 0.29) is 24.2 Å². The molecule has 2 rings (SSSR count). The number of halogens is 4. The standard InChI is InChI=1S/C17H16F4N4O.CH5N/c1-22-9-15(10-26)24-25-16-7-11(2-3-23-16)4-12-5-13(17(19,20)21)8-14(18)6-12;1-2/h2-3,5-8,10,22H,4,9H2,1H3,(H,23,25);2H2,1H3/b24-15+;. The van der Waals surface area contributed by atoms with Gasteiger partial charge in [0, 0.05) is 12.7 Å². The molecular weight excluding hydrogens is 378 g/mol. The van der Waals surface area contributed by atoms with E-state index in [4.69, 9.17) is 0 Å². The van der Waals surface area contributed by atoms with Crippen molar-refractivity contribution in [3.63, 3.8) is 0 Å². The lowest BCUT2D eigenvalue weighted by Gasteiger charge is -2.10. The van der Waals surface area contributed by atoms with Gasteiger partial charge in [0.15, 0.2) is 6.29 Å². The Morgan fingerprint density at radius 2 is 1.93 bits per heavy atom. The molecule has 0 radical (unpaired) electrons. The van der Waals surface area contributed by atoms with Crippen molar-refractivity contribution >= 4 is 17.8 Å². The number of alkyl halides is 3. The molecule has 0 bridgehead atoms. The molecule has 0 aliphatic rings. The van der Waals surface area contributed by atoms with Gasteiger partial charge >= 0.3 is 6.18 Å². The van der Waals surface area contributed by atoms with Gasteiger partial charge in [-0.3, -0.25) is 10.2 Å². The van der Waals surface area contributed by atoms with Gasteiger partial charge in [0.25, 0.3) is 0 Å². The van der Waals surface area contributed by atoms with E-state index >= 15 is 0 Å². The molecule has 0 fully saturated rings. The highest BCUT2D eigenvalue weighted by atomic mass is 19.4. The van der Waals surface area contributed by atoms with Crippen molar-refractivity contribution in [3.8, 4) is 0 Å². The third-order valence-corrected chi connectivity index (χ3v) is 3.33. The zero-order chi connectivity index (χ0) is 21.2. The maximum Gasteiger partial charge on any atom is 0.416 e. The van der Waals surface area contributed by atoms with Gasteiger partial charge in [0.1, 0.15) is 17.3 Å². The van der Waals surface area contributed by atoms with E-state index in [1.165, 1.54) is 13.2 Å². The Labute approximate surface area is 159 Å². The second-order valence-electron chi connectivity index (χ2n) is 5.44. The average molecular weight is 399 g/mol. The van der Waals surface area contributed by atoms with Crippen LogP contribution in [-0.2, 0) is 17.4 Å². The highest BCUT2D eigenvalue weighted by Gasteiger charge is 2.31. The summed E-state index contributed by atoms with van der Waals surface area (Å²) in [5.74, 6) is -0.639. The van der Waals surface area contributed by atoms with Gasteiger partial charge < -0.3 is 11.1 Å². The Kier molecular flexibility index (Phi) is 9.19. The third kappa shape index (κ3) is 7.41. The number of carbonyl (C=O) groups excluding carboxylic acids is 1. The summed E-state index contributed by atoms with van der Waals surface area (Å²) in [4.78, 5) is 14.8. The molecule has 0 saturated carbocycles. The summed E-state index contributed by atoms with van der Waals surface area (Å²) in [5, 5.41) is 6.65. The number of carbonyl (C=O) groups is 1. The molecule has 1 aromatic heterocycles. The predicted molar refractivity (Wildman–Crippen MR) is 99.6 cm³/mol. The van der Waals surface area contributed by atoms with E-state index in [9.17, 15) is 22.4 Å². The summed E-state index contributed by atoms with van der Waals surface area (Å²) < 4.78 is 51.8. The number of nitrogens with two attached hydrogens (primary N) is 1. The van der Waals surface area contributed by atoms with Gasteiger partial charge in [-0.25, -0.2) is 9.37 Å². The second-order valence-corrected chi connectivity index (χ2v) is 5.44. The number of pyridine rings is 1. The fraction of sp³-hybridized carbons (Fsp3) is 0.278. The number of nitrogens with zero attached hydrogens (tertiary/aromatic N) is 2. The minimum Gasteiger partial charge on any atom is -0.333 e. The van der Waals surface area contributed by atoms with Crippen molar-refractivity contribution < 1.29 is 22.4 Å². The number of nitrogens with one attached hydrogen (secondary N) is 2. The molecule has 1 aromatic carbocycles. The van der Waals surface area contributed by atoms with E-state index in [0.29, 0.717) is 23.7 Å². The molecule has 28 heavy (non-hydrogen) atoms. The molecule has 0 atom stereocenters. The summed E-state index contributed by atoms with van der Waals surface area (Å²) in [6.45, 7) is 0.264. The topological polar surface area (TPSA) is 92.4 Å². The first-order valence-corrected chi connectivity index (χ1v) is 8.13. The molecule has 6 nitrogen and oxygen atoms in total. The van der Waals surface area contributed by atoms with Crippen molar-refractivity contribution in [2.24, 2.45) is 10.8 Å². The van der Waals surface area contributed by atoms with Crippen LogP contribution >= 0.6 is 0 Å². The first-order chi connectivity index (χ1) is 13.3. The molecule has 1 heterocycles. The highest BCUT2D eigenvalue weighted by Crippen LogP contribution is 2.31. The normalized spacial score (nSPS) is 11.5. The minimum absolute atomic E-state index is 0.0822. The molecule has 0 amide bonds. The lowest BCUT2D eigenvalue weighted by molar-refractivity contribution is -0.137. The largest absolute Gasteiger partial charge is 0.416 e. The summed E-state index contributed by atoms with van der Waals surface area (Å²) >= 11 is 0. The average Bonchev–Trinajstić information content (AvgIpc) is 2.66. The fourth-order valence-corrected chi connectivity index (χ4v) is 2.21. The second kappa shape index (κ2) is 11.1. The third-order valence-electron chi connectivity index (χ3n) is 3.33. The Hall–Kier alpha value is -2.85. The van der Waals surface area contributed by atoms with Crippen molar-refractivity contribution in [1.29, 1.82) is 0 Å². The van der Waals surface area contributed by atoms with Crippen molar-refractivity contribution in [1.82, 2.24) is 10.3 Å². The smallest absolute Gasteiger partial charge is 0.333 e. The minimum atomic E-state index is -4.62. The van der Waals surface area contributed by atoms with Gasteiger partial charge in [-0.15, -0.1) is 0 Å². The van der Waals surface area contributed by atoms with E-state index in [2.05, 4.69) is 26.6 Å².